The molecular weight excluding hydrogens is 231 g/mol. The molecule has 0 unspecified atom stereocenters. The Balaban J connectivity index is 2.08. The SMILES string of the molecule is COC1CCC(C#N)(Nc2cccc(F)c2)CC1. The van der Waals surface area contributed by atoms with Crippen LogP contribution in [0.3, 0.4) is 0 Å². The number of hydrogen-bond acceptors (Lipinski definition) is 3. The van der Waals surface area contributed by atoms with Gasteiger partial charge >= 0.3 is 0 Å². The van der Waals surface area contributed by atoms with Gasteiger partial charge in [0.2, 0.25) is 0 Å². The maximum absolute atomic E-state index is 13.1. The Kier molecular flexibility index (Phi) is 3.83. The number of rotatable bonds is 3. The van der Waals surface area contributed by atoms with Crippen molar-refractivity contribution in [2.75, 3.05) is 12.4 Å². The van der Waals surface area contributed by atoms with Crippen molar-refractivity contribution in [3.8, 4) is 6.07 Å². The predicted molar refractivity (Wildman–Crippen MR) is 67.6 cm³/mol. The molecule has 96 valence electrons. The lowest BCUT2D eigenvalue weighted by Crippen LogP contribution is -2.42. The highest BCUT2D eigenvalue weighted by atomic mass is 19.1. The molecule has 0 heterocycles. The molecule has 0 atom stereocenters. The van der Waals surface area contributed by atoms with Crippen LogP contribution in [-0.2, 0) is 4.74 Å². The van der Waals surface area contributed by atoms with E-state index in [0.717, 1.165) is 25.7 Å². The summed E-state index contributed by atoms with van der Waals surface area (Å²) >= 11 is 0. The van der Waals surface area contributed by atoms with Crippen LogP contribution >= 0.6 is 0 Å². The number of nitrogens with zero attached hydrogens (tertiary/aromatic N) is 1. The highest BCUT2D eigenvalue weighted by molar-refractivity contribution is 5.48. The third kappa shape index (κ3) is 2.80. The largest absolute Gasteiger partial charge is 0.381 e. The van der Waals surface area contributed by atoms with Crippen LogP contribution in [0.15, 0.2) is 24.3 Å². The van der Waals surface area contributed by atoms with Crippen molar-refractivity contribution in [1.82, 2.24) is 0 Å². The lowest BCUT2D eigenvalue weighted by molar-refractivity contribution is 0.0612. The van der Waals surface area contributed by atoms with E-state index in [1.54, 1.807) is 19.2 Å². The van der Waals surface area contributed by atoms with Crippen LogP contribution in [0, 0.1) is 17.1 Å². The molecule has 0 bridgehead atoms. The third-order valence-electron chi connectivity index (χ3n) is 3.54. The lowest BCUT2D eigenvalue weighted by atomic mass is 9.81. The summed E-state index contributed by atoms with van der Waals surface area (Å²) in [6.07, 6.45) is 3.39. The second-order valence-corrected chi connectivity index (χ2v) is 4.76. The van der Waals surface area contributed by atoms with Gasteiger partial charge in [-0.25, -0.2) is 4.39 Å². The van der Waals surface area contributed by atoms with Gasteiger partial charge in [-0.05, 0) is 43.9 Å². The molecule has 0 radical (unpaired) electrons. The van der Waals surface area contributed by atoms with Crippen LogP contribution in [0.2, 0.25) is 0 Å². The first kappa shape index (κ1) is 12.8. The Hall–Kier alpha value is -1.60. The molecule has 3 nitrogen and oxygen atoms in total. The van der Waals surface area contributed by atoms with Crippen LogP contribution < -0.4 is 5.32 Å². The van der Waals surface area contributed by atoms with Crippen molar-refractivity contribution in [3.63, 3.8) is 0 Å². The minimum atomic E-state index is -0.594. The van der Waals surface area contributed by atoms with E-state index in [9.17, 15) is 9.65 Å². The molecule has 1 fully saturated rings. The van der Waals surface area contributed by atoms with Gasteiger partial charge < -0.3 is 10.1 Å². The summed E-state index contributed by atoms with van der Waals surface area (Å²) in [5, 5.41) is 12.6. The van der Waals surface area contributed by atoms with E-state index in [0.29, 0.717) is 5.69 Å². The molecule has 0 aliphatic heterocycles. The number of anilines is 1. The molecule has 1 aliphatic carbocycles. The zero-order chi connectivity index (χ0) is 13.0. The Bertz CT molecular complexity index is 447. The van der Waals surface area contributed by atoms with Crippen molar-refractivity contribution in [2.24, 2.45) is 0 Å². The Morgan fingerprint density at radius 3 is 2.72 bits per heavy atom. The number of methoxy groups -OCH3 is 1. The van der Waals surface area contributed by atoms with E-state index in [2.05, 4.69) is 11.4 Å². The standard InChI is InChI=1S/C14H17FN2O/c1-18-13-5-7-14(10-16,8-6-13)17-12-4-2-3-11(15)9-12/h2-4,9,13,17H,5-8H2,1H3. The molecule has 1 saturated carbocycles. The molecule has 1 aliphatic rings. The Morgan fingerprint density at radius 1 is 1.44 bits per heavy atom. The fraction of sp³-hybridized carbons (Fsp3) is 0.500. The first-order chi connectivity index (χ1) is 8.67. The van der Waals surface area contributed by atoms with Crippen LogP contribution in [-0.4, -0.2) is 18.8 Å². The Labute approximate surface area is 107 Å². The summed E-state index contributed by atoms with van der Waals surface area (Å²) in [7, 11) is 1.70. The fourth-order valence-corrected chi connectivity index (χ4v) is 2.43. The summed E-state index contributed by atoms with van der Waals surface area (Å²) in [5.74, 6) is -0.293. The molecular formula is C14H17FN2O. The summed E-state index contributed by atoms with van der Waals surface area (Å²) in [4.78, 5) is 0. The summed E-state index contributed by atoms with van der Waals surface area (Å²) in [6, 6.07) is 8.58. The van der Waals surface area contributed by atoms with Crippen molar-refractivity contribution in [3.05, 3.63) is 30.1 Å². The van der Waals surface area contributed by atoms with E-state index in [1.165, 1.54) is 12.1 Å². The van der Waals surface area contributed by atoms with Gasteiger partial charge in [-0.1, -0.05) is 6.07 Å². The number of nitriles is 1. The maximum Gasteiger partial charge on any atom is 0.125 e. The van der Waals surface area contributed by atoms with Gasteiger partial charge in [0.05, 0.1) is 12.2 Å². The molecule has 0 aromatic heterocycles. The van der Waals surface area contributed by atoms with Crippen molar-refractivity contribution in [1.29, 1.82) is 5.26 Å². The summed E-state index contributed by atoms with van der Waals surface area (Å²) < 4.78 is 18.4. The molecule has 1 N–H and O–H groups in total. The van der Waals surface area contributed by atoms with Gasteiger partial charge in [0.1, 0.15) is 11.4 Å². The molecule has 1 aromatic rings. The van der Waals surface area contributed by atoms with Gasteiger partial charge in [0, 0.05) is 12.8 Å². The average Bonchev–Trinajstić information content (AvgIpc) is 2.39. The molecule has 4 heteroatoms. The smallest absolute Gasteiger partial charge is 0.125 e. The summed E-state index contributed by atoms with van der Waals surface area (Å²) in [5.41, 5.74) is 0.0652. The minimum Gasteiger partial charge on any atom is -0.381 e. The van der Waals surface area contributed by atoms with Gasteiger partial charge in [0.15, 0.2) is 0 Å². The second kappa shape index (κ2) is 5.36. The van der Waals surface area contributed by atoms with Crippen LogP contribution in [0.25, 0.3) is 0 Å². The fourth-order valence-electron chi connectivity index (χ4n) is 2.43. The molecule has 1 aromatic carbocycles. The van der Waals surface area contributed by atoms with E-state index < -0.39 is 5.54 Å². The van der Waals surface area contributed by atoms with Crippen LogP contribution in [0.1, 0.15) is 25.7 Å². The zero-order valence-corrected chi connectivity index (χ0v) is 10.4. The van der Waals surface area contributed by atoms with Crippen molar-refractivity contribution >= 4 is 5.69 Å². The van der Waals surface area contributed by atoms with Gasteiger partial charge in [0.25, 0.3) is 0 Å². The average molecular weight is 248 g/mol. The molecule has 18 heavy (non-hydrogen) atoms. The first-order valence-corrected chi connectivity index (χ1v) is 6.15. The topological polar surface area (TPSA) is 45.0 Å². The number of hydrogen-bond donors (Lipinski definition) is 1. The summed E-state index contributed by atoms with van der Waals surface area (Å²) in [6.45, 7) is 0. The monoisotopic (exact) mass is 248 g/mol. The van der Waals surface area contributed by atoms with Gasteiger partial charge in [-0.3, -0.25) is 0 Å². The lowest BCUT2D eigenvalue weighted by Gasteiger charge is -2.35. The normalized spacial score (nSPS) is 27.5. The van der Waals surface area contributed by atoms with E-state index in [1.807, 2.05) is 0 Å². The van der Waals surface area contributed by atoms with Crippen molar-refractivity contribution in [2.45, 2.75) is 37.3 Å². The number of nitrogens with one attached hydrogen (secondary N) is 1. The first-order valence-electron chi connectivity index (χ1n) is 6.15. The van der Waals surface area contributed by atoms with E-state index >= 15 is 0 Å². The Morgan fingerprint density at radius 2 is 2.17 bits per heavy atom. The number of benzene rings is 1. The number of halogens is 1. The predicted octanol–water partition coefficient (Wildman–Crippen LogP) is 3.09. The quantitative estimate of drug-likeness (QED) is 0.894. The molecule has 0 amide bonds. The van der Waals surface area contributed by atoms with Gasteiger partial charge in [-0.15, -0.1) is 0 Å². The highest BCUT2D eigenvalue weighted by Gasteiger charge is 2.35. The molecule has 0 spiro atoms. The van der Waals surface area contributed by atoms with Gasteiger partial charge in [-0.2, -0.15) is 5.26 Å². The molecule has 2 rings (SSSR count). The molecule has 0 saturated heterocycles. The van der Waals surface area contributed by atoms with Crippen LogP contribution in [0.4, 0.5) is 10.1 Å². The zero-order valence-electron chi connectivity index (χ0n) is 10.4. The minimum absolute atomic E-state index is 0.237. The van der Waals surface area contributed by atoms with E-state index in [4.69, 9.17) is 4.74 Å². The van der Waals surface area contributed by atoms with E-state index in [-0.39, 0.29) is 11.9 Å². The third-order valence-corrected chi connectivity index (χ3v) is 3.54. The van der Waals surface area contributed by atoms with Crippen molar-refractivity contribution < 1.29 is 9.13 Å². The number of ether oxygens (including phenoxy) is 1. The second-order valence-electron chi connectivity index (χ2n) is 4.76. The highest BCUT2D eigenvalue weighted by Crippen LogP contribution is 2.32. The maximum atomic E-state index is 13.1. The van der Waals surface area contributed by atoms with Crippen LogP contribution in [0.5, 0.6) is 0 Å².